The average molecular weight is 366 g/mol. The SMILES string of the molecule is C#CCNC(=O)CSc1nnc(-c2cccc(C)c2)n1Cc1ccco1. The van der Waals surface area contributed by atoms with Crippen LogP contribution < -0.4 is 5.32 Å². The van der Waals surface area contributed by atoms with Crippen LogP contribution >= 0.6 is 11.8 Å². The highest BCUT2D eigenvalue weighted by molar-refractivity contribution is 7.99. The first-order valence-electron chi connectivity index (χ1n) is 8.03. The van der Waals surface area contributed by atoms with Gasteiger partial charge in [0.05, 0.1) is 25.1 Å². The molecule has 1 amide bonds. The Hall–Kier alpha value is -2.98. The number of aromatic nitrogens is 3. The van der Waals surface area contributed by atoms with Gasteiger partial charge in [-0.25, -0.2) is 0 Å². The smallest absolute Gasteiger partial charge is 0.231 e. The number of hydrogen-bond donors (Lipinski definition) is 1. The molecule has 2 aromatic heterocycles. The summed E-state index contributed by atoms with van der Waals surface area (Å²) < 4.78 is 7.42. The Labute approximate surface area is 156 Å². The molecular weight excluding hydrogens is 348 g/mol. The van der Waals surface area contributed by atoms with Crippen molar-refractivity contribution in [3.05, 3.63) is 54.0 Å². The van der Waals surface area contributed by atoms with Gasteiger partial charge in [-0.1, -0.05) is 41.4 Å². The molecule has 0 atom stereocenters. The van der Waals surface area contributed by atoms with Gasteiger partial charge in [0.1, 0.15) is 5.76 Å². The van der Waals surface area contributed by atoms with Crippen LogP contribution in [0.1, 0.15) is 11.3 Å². The third-order valence-corrected chi connectivity index (χ3v) is 4.57. The van der Waals surface area contributed by atoms with E-state index < -0.39 is 0 Å². The Morgan fingerprint density at radius 1 is 1.35 bits per heavy atom. The number of nitrogens with one attached hydrogen (secondary N) is 1. The maximum Gasteiger partial charge on any atom is 0.231 e. The van der Waals surface area contributed by atoms with E-state index in [1.54, 1.807) is 6.26 Å². The second kappa shape index (κ2) is 8.41. The molecule has 0 aliphatic heterocycles. The fourth-order valence-electron chi connectivity index (χ4n) is 2.42. The second-order valence-electron chi connectivity index (χ2n) is 5.61. The fraction of sp³-hybridized carbons (Fsp3) is 0.211. The lowest BCUT2D eigenvalue weighted by atomic mass is 10.1. The van der Waals surface area contributed by atoms with Crippen molar-refractivity contribution in [2.24, 2.45) is 0 Å². The number of furan rings is 1. The lowest BCUT2D eigenvalue weighted by molar-refractivity contribution is -0.118. The molecule has 0 saturated heterocycles. The van der Waals surface area contributed by atoms with Crippen molar-refractivity contribution in [1.29, 1.82) is 0 Å². The summed E-state index contributed by atoms with van der Waals surface area (Å²) in [5.41, 5.74) is 2.10. The van der Waals surface area contributed by atoms with Gasteiger partial charge in [-0.05, 0) is 25.1 Å². The molecule has 2 heterocycles. The van der Waals surface area contributed by atoms with Crippen LogP contribution in [0.2, 0.25) is 0 Å². The molecule has 1 aromatic carbocycles. The highest BCUT2D eigenvalue weighted by Gasteiger charge is 2.17. The molecule has 0 radical (unpaired) electrons. The summed E-state index contributed by atoms with van der Waals surface area (Å²) in [4.78, 5) is 11.8. The molecule has 7 heteroatoms. The molecule has 0 fully saturated rings. The van der Waals surface area contributed by atoms with Crippen molar-refractivity contribution in [3.8, 4) is 23.7 Å². The largest absolute Gasteiger partial charge is 0.467 e. The van der Waals surface area contributed by atoms with E-state index in [9.17, 15) is 4.79 Å². The standard InChI is InChI=1S/C19H18N4O2S/c1-3-9-20-17(24)13-26-19-22-21-18(15-7-4-6-14(2)11-15)23(19)12-16-8-5-10-25-16/h1,4-8,10-11H,9,12-13H2,2H3,(H,20,24). The van der Waals surface area contributed by atoms with Crippen molar-refractivity contribution in [2.45, 2.75) is 18.6 Å². The highest BCUT2D eigenvalue weighted by atomic mass is 32.2. The minimum Gasteiger partial charge on any atom is -0.467 e. The number of rotatable bonds is 7. The quantitative estimate of drug-likeness (QED) is 0.514. The van der Waals surface area contributed by atoms with Crippen LogP contribution in [0.5, 0.6) is 0 Å². The van der Waals surface area contributed by atoms with E-state index in [2.05, 4.69) is 27.5 Å². The van der Waals surface area contributed by atoms with Gasteiger partial charge >= 0.3 is 0 Å². The zero-order chi connectivity index (χ0) is 18.4. The normalized spacial score (nSPS) is 10.5. The van der Waals surface area contributed by atoms with Crippen molar-refractivity contribution in [3.63, 3.8) is 0 Å². The summed E-state index contributed by atoms with van der Waals surface area (Å²) in [7, 11) is 0. The first-order chi connectivity index (χ1) is 12.7. The number of amides is 1. The molecule has 0 aliphatic carbocycles. The maximum absolute atomic E-state index is 11.8. The molecule has 1 N–H and O–H groups in total. The zero-order valence-corrected chi connectivity index (χ0v) is 15.1. The Balaban J connectivity index is 1.87. The monoisotopic (exact) mass is 366 g/mol. The predicted molar refractivity (Wildman–Crippen MR) is 101 cm³/mol. The van der Waals surface area contributed by atoms with Gasteiger partial charge in [-0.15, -0.1) is 16.6 Å². The van der Waals surface area contributed by atoms with Crippen LogP contribution in [0.15, 0.2) is 52.2 Å². The fourth-order valence-corrected chi connectivity index (χ4v) is 3.19. The van der Waals surface area contributed by atoms with Crippen LogP contribution in [0.4, 0.5) is 0 Å². The summed E-state index contributed by atoms with van der Waals surface area (Å²) in [6.07, 6.45) is 6.79. The van der Waals surface area contributed by atoms with Crippen molar-refractivity contribution < 1.29 is 9.21 Å². The topological polar surface area (TPSA) is 73.0 Å². The first-order valence-corrected chi connectivity index (χ1v) is 9.01. The number of benzene rings is 1. The van der Waals surface area contributed by atoms with Crippen LogP contribution in [0, 0.1) is 19.3 Å². The Morgan fingerprint density at radius 2 is 2.23 bits per heavy atom. The number of carbonyl (C=O) groups excluding carboxylic acids is 1. The summed E-state index contributed by atoms with van der Waals surface area (Å²) in [6, 6.07) is 11.8. The number of thioether (sulfide) groups is 1. The lowest BCUT2D eigenvalue weighted by Crippen LogP contribution is -2.25. The van der Waals surface area contributed by atoms with Gasteiger partial charge in [-0.3, -0.25) is 9.36 Å². The molecule has 0 unspecified atom stereocenters. The third kappa shape index (κ3) is 4.35. The van der Waals surface area contributed by atoms with E-state index in [1.165, 1.54) is 11.8 Å². The maximum atomic E-state index is 11.8. The Morgan fingerprint density at radius 3 is 2.96 bits per heavy atom. The van der Waals surface area contributed by atoms with E-state index in [4.69, 9.17) is 10.8 Å². The van der Waals surface area contributed by atoms with Crippen LogP contribution in [0.3, 0.4) is 0 Å². The zero-order valence-electron chi connectivity index (χ0n) is 14.3. The molecule has 3 aromatic rings. The number of hydrogen-bond acceptors (Lipinski definition) is 5. The van der Waals surface area contributed by atoms with Crippen LogP contribution in [-0.2, 0) is 11.3 Å². The minimum atomic E-state index is -0.141. The molecule has 26 heavy (non-hydrogen) atoms. The average Bonchev–Trinajstić information content (AvgIpc) is 3.28. The van der Waals surface area contributed by atoms with Crippen molar-refractivity contribution in [1.82, 2.24) is 20.1 Å². The number of aryl methyl sites for hydroxylation is 1. The van der Waals surface area contributed by atoms with E-state index in [-0.39, 0.29) is 18.2 Å². The molecule has 0 spiro atoms. The van der Waals surface area contributed by atoms with Gasteiger partial charge in [0.25, 0.3) is 0 Å². The third-order valence-electron chi connectivity index (χ3n) is 3.61. The van der Waals surface area contributed by atoms with Crippen LogP contribution in [-0.4, -0.2) is 33.0 Å². The number of terminal acetylenes is 1. The molecule has 0 saturated carbocycles. The highest BCUT2D eigenvalue weighted by Crippen LogP contribution is 2.25. The number of nitrogens with zero attached hydrogens (tertiary/aromatic N) is 3. The van der Waals surface area contributed by atoms with E-state index in [0.29, 0.717) is 11.7 Å². The number of carbonyl (C=O) groups is 1. The van der Waals surface area contributed by atoms with E-state index >= 15 is 0 Å². The lowest BCUT2D eigenvalue weighted by Gasteiger charge is -2.09. The van der Waals surface area contributed by atoms with Crippen molar-refractivity contribution in [2.75, 3.05) is 12.3 Å². The molecule has 0 aliphatic rings. The molecular formula is C19H18N4O2S. The van der Waals surface area contributed by atoms with Crippen molar-refractivity contribution >= 4 is 17.7 Å². The second-order valence-corrected chi connectivity index (χ2v) is 6.55. The molecule has 0 bridgehead atoms. The minimum absolute atomic E-state index is 0.141. The predicted octanol–water partition coefficient (Wildman–Crippen LogP) is 2.74. The Kier molecular flexibility index (Phi) is 5.77. The van der Waals surface area contributed by atoms with E-state index in [0.717, 1.165) is 22.7 Å². The van der Waals surface area contributed by atoms with E-state index in [1.807, 2.05) is 41.8 Å². The summed E-state index contributed by atoms with van der Waals surface area (Å²) in [5.74, 6) is 3.98. The molecule has 132 valence electrons. The molecule has 3 rings (SSSR count). The first kappa shape index (κ1) is 17.8. The van der Waals surface area contributed by atoms with Gasteiger partial charge in [-0.2, -0.15) is 0 Å². The summed E-state index contributed by atoms with van der Waals surface area (Å²) in [6.45, 7) is 2.73. The van der Waals surface area contributed by atoms with Crippen LogP contribution in [0.25, 0.3) is 11.4 Å². The van der Waals surface area contributed by atoms with Gasteiger partial charge in [0.15, 0.2) is 11.0 Å². The van der Waals surface area contributed by atoms with Gasteiger partial charge < -0.3 is 9.73 Å². The Bertz CT molecular complexity index is 925. The molecule has 6 nitrogen and oxygen atoms in total. The van der Waals surface area contributed by atoms with Gasteiger partial charge in [0, 0.05) is 5.56 Å². The van der Waals surface area contributed by atoms with Gasteiger partial charge in [0.2, 0.25) is 5.91 Å². The summed E-state index contributed by atoms with van der Waals surface area (Å²) in [5, 5.41) is 11.9. The summed E-state index contributed by atoms with van der Waals surface area (Å²) >= 11 is 1.31.